The highest BCUT2D eigenvalue weighted by molar-refractivity contribution is 6.24. The number of hydrogen-bond acceptors (Lipinski definition) is 11. The molecule has 0 aliphatic carbocycles. The molecule has 2 N–H and O–H groups in total. The molecule has 4 rings (SSSR count). The van der Waals surface area contributed by atoms with Crippen LogP contribution in [0.4, 0.5) is 0 Å². The Kier molecular flexibility index (Phi) is 11.8. The van der Waals surface area contributed by atoms with Crippen molar-refractivity contribution in [1.82, 2.24) is 20.4 Å². The van der Waals surface area contributed by atoms with Crippen molar-refractivity contribution in [2.24, 2.45) is 0 Å². The van der Waals surface area contributed by atoms with E-state index in [4.69, 9.17) is 23.7 Å². The van der Waals surface area contributed by atoms with Crippen molar-refractivity contribution >= 4 is 23.6 Å². The summed E-state index contributed by atoms with van der Waals surface area (Å²) in [7, 11) is 0. The van der Waals surface area contributed by atoms with E-state index in [-0.39, 0.29) is 42.9 Å². The standard InChI is InChI=1S/C27H38N4O9/c32-23-5-4-21(25(33)29-23)31-26(34)20-2-1-3-22(24(20)27(31)35)40-19-18-39-17-16-38-15-14-37-13-12-36-11-10-30-8-6-28-7-9-30/h1-3,21,28H,4-19H2,(H,29,32,33). The molecule has 13 nitrogen and oxygen atoms in total. The van der Waals surface area contributed by atoms with Crippen LogP contribution in [0.3, 0.4) is 0 Å². The van der Waals surface area contributed by atoms with E-state index in [1.807, 2.05) is 0 Å². The van der Waals surface area contributed by atoms with Gasteiger partial charge in [-0.1, -0.05) is 6.07 Å². The number of hydrogen-bond donors (Lipinski definition) is 2. The minimum Gasteiger partial charge on any atom is -0.490 e. The second-order valence-corrected chi connectivity index (χ2v) is 9.52. The van der Waals surface area contributed by atoms with Gasteiger partial charge in [0.25, 0.3) is 11.8 Å². The maximum absolute atomic E-state index is 13.1. The van der Waals surface area contributed by atoms with Crippen molar-refractivity contribution in [3.8, 4) is 5.75 Å². The van der Waals surface area contributed by atoms with Gasteiger partial charge in [-0.25, -0.2) is 0 Å². The molecule has 13 heteroatoms. The first-order valence-electron chi connectivity index (χ1n) is 13.8. The molecule has 3 heterocycles. The van der Waals surface area contributed by atoms with Gasteiger partial charge in [0.05, 0.1) is 64.0 Å². The number of carbonyl (C=O) groups is 4. The Hall–Kier alpha value is -2.94. The highest BCUT2D eigenvalue weighted by Gasteiger charge is 2.45. The van der Waals surface area contributed by atoms with Crippen molar-refractivity contribution in [2.45, 2.75) is 18.9 Å². The van der Waals surface area contributed by atoms with Gasteiger partial charge in [-0.15, -0.1) is 0 Å². The van der Waals surface area contributed by atoms with Crippen molar-refractivity contribution in [2.75, 3.05) is 92.2 Å². The molecule has 0 radical (unpaired) electrons. The number of rotatable bonds is 17. The molecular weight excluding hydrogens is 524 g/mol. The van der Waals surface area contributed by atoms with Crippen LogP contribution in [0.25, 0.3) is 0 Å². The second-order valence-electron chi connectivity index (χ2n) is 9.52. The van der Waals surface area contributed by atoms with Crippen LogP contribution in [0, 0.1) is 0 Å². The Balaban J connectivity index is 1.03. The van der Waals surface area contributed by atoms with Crippen LogP contribution in [0.5, 0.6) is 5.75 Å². The molecule has 1 aromatic rings. The fourth-order valence-electron chi connectivity index (χ4n) is 4.70. The van der Waals surface area contributed by atoms with E-state index in [0.717, 1.165) is 37.6 Å². The maximum atomic E-state index is 13.1. The number of benzene rings is 1. The van der Waals surface area contributed by atoms with Gasteiger partial charge in [-0.2, -0.15) is 0 Å². The van der Waals surface area contributed by atoms with E-state index in [2.05, 4.69) is 15.5 Å². The average molecular weight is 563 g/mol. The normalized spacial score (nSPS) is 19.7. The molecule has 1 unspecified atom stereocenters. The Morgan fingerprint density at radius 2 is 1.40 bits per heavy atom. The first-order valence-corrected chi connectivity index (χ1v) is 13.8. The lowest BCUT2D eigenvalue weighted by Gasteiger charge is -2.27. The summed E-state index contributed by atoms with van der Waals surface area (Å²) in [4.78, 5) is 52.9. The lowest BCUT2D eigenvalue weighted by atomic mass is 10.0. The largest absolute Gasteiger partial charge is 0.490 e. The quantitative estimate of drug-likeness (QED) is 0.186. The number of nitrogens with zero attached hydrogens (tertiary/aromatic N) is 2. The van der Waals surface area contributed by atoms with E-state index in [9.17, 15) is 19.2 Å². The zero-order valence-electron chi connectivity index (χ0n) is 22.7. The number of piperazine rings is 1. The highest BCUT2D eigenvalue weighted by atomic mass is 16.6. The first kappa shape index (κ1) is 30.0. The molecular formula is C27H38N4O9. The fourth-order valence-corrected chi connectivity index (χ4v) is 4.70. The molecule has 0 bridgehead atoms. The van der Waals surface area contributed by atoms with Gasteiger partial charge >= 0.3 is 0 Å². The summed E-state index contributed by atoms with van der Waals surface area (Å²) in [5.41, 5.74) is 0.288. The van der Waals surface area contributed by atoms with Gasteiger partial charge in [0.2, 0.25) is 11.8 Å². The maximum Gasteiger partial charge on any atom is 0.266 e. The SMILES string of the molecule is O=C1CCC(N2C(=O)c3cccc(OCCOCCOCCOCCOCCN4CCNCC4)c3C2=O)C(=O)N1. The van der Waals surface area contributed by atoms with Gasteiger partial charge in [-0.3, -0.25) is 34.3 Å². The van der Waals surface area contributed by atoms with Crippen LogP contribution in [-0.2, 0) is 28.5 Å². The molecule has 2 fully saturated rings. The molecule has 220 valence electrons. The summed E-state index contributed by atoms with van der Waals surface area (Å²) < 4.78 is 27.8. The van der Waals surface area contributed by atoms with Gasteiger partial charge in [-0.05, 0) is 18.6 Å². The number of piperidine rings is 1. The fraction of sp³-hybridized carbons (Fsp3) is 0.630. The minimum absolute atomic E-state index is 0.0633. The average Bonchev–Trinajstić information content (AvgIpc) is 3.21. The topological polar surface area (TPSA) is 145 Å². The Bertz CT molecular complexity index is 1030. The van der Waals surface area contributed by atoms with Crippen LogP contribution in [0.15, 0.2) is 18.2 Å². The molecule has 40 heavy (non-hydrogen) atoms. The van der Waals surface area contributed by atoms with Gasteiger partial charge in [0.15, 0.2) is 0 Å². The molecule has 0 spiro atoms. The molecule has 0 saturated carbocycles. The number of imide groups is 2. The number of carbonyl (C=O) groups excluding carboxylic acids is 4. The number of fused-ring (bicyclic) bond motifs is 1. The van der Waals surface area contributed by atoms with Crippen molar-refractivity contribution in [1.29, 1.82) is 0 Å². The van der Waals surface area contributed by atoms with E-state index in [0.29, 0.717) is 46.2 Å². The van der Waals surface area contributed by atoms with Crippen LogP contribution in [0.2, 0.25) is 0 Å². The lowest BCUT2D eigenvalue weighted by molar-refractivity contribution is -0.136. The Morgan fingerprint density at radius 3 is 2.05 bits per heavy atom. The minimum atomic E-state index is -1.02. The van der Waals surface area contributed by atoms with Crippen LogP contribution < -0.4 is 15.4 Å². The first-order chi connectivity index (χ1) is 19.6. The third kappa shape index (κ3) is 8.29. The second kappa shape index (κ2) is 15.7. The smallest absolute Gasteiger partial charge is 0.266 e. The van der Waals surface area contributed by atoms with Crippen LogP contribution in [0.1, 0.15) is 33.6 Å². The molecule has 4 amide bonds. The lowest BCUT2D eigenvalue weighted by Crippen LogP contribution is -2.54. The molecule has 3 aliphatic heterocycles. The summed E-state index contributed by atoms with van der Waals surface area (Å²) in [6.45, 7) is 9.09. The van der Waals surface area contributed by atoms with Gasteiger partial charge in [0, 0.05) is 39.1 Å². The summed E-state index contributed by atoms with van der Waals surface area (Å²) in [5.74, 6) is -2.01. The highest BCUT2D eigenvalue weighted by Crippen LogP contribution is 2.33. The monoisotopic (exact) mass is 562 g/mol. The molecule has 0 aromatic heterocycles. The van der Waals surface area contributed by atoms with Crippen molar-refractivity contribution < 1.29 is 42.9 Å². The summed E-state index contributed by atoms with van der Waals surface area (Å²) in [5, 5.41) is 5.51. The van der Waals surface area contributed by atoms with E-state index in [1.54, 1.807) is 12.1 Å². The Morgan fingerprint density at radius 1 is 0.775 bits per heavy atom. The van der Waals surface area contributed by atoms with Gasteiger partial charge in [0.1, 0.15) is 18.4 Å². The molecule has 1 aromatic carbocycles. The third-order valence-corrected chi connectivity index (χ3v) is 6.79. The number of amides is 4. The predicted molar refractivity (Wildman–Crippen MR) is 141 cm³/mol. The molecule has 2 saturated heterocycles. The summed E-state index contributed by atoms with van der Waals surface area (Å²) in [6, 6.07) is 3.71. The molecule has 1 atom stereocenters. The third-order valence-electron chi connectivity index (χ3n) is 6.79. The summed E-state index contributed by atoms with van der Waals surface area (Å²) in [6.07, 6.45) is 0.161. The van der Waals surface area contributed by atoms with Crippen molar-refractivity contribution in [3.63, 3.8) is 0 Å². The van der Waals surface area contributed by atoms with Crippen molar-refractivity contribution in [3.05, 3.63) is 29.3 Å². The van der Waals surface area contributed by atoms with Crippen LogP contribution in [-0.4, -0.2) is 132 Å². The summed E-state index contributed by atoms with van der Waals surface area (Å²) >= 11 is 0. The predicted octanol–water partition coefficient (Wildman–Crippen LogP) is -0.562. The number of ether oxygens (including phenoxy) is 5. The zero-order chi connectivity index (χ0) is 28.2. The van der Waals surface area contributed by atoms with E-state index in [1.165, 1.54) is 6.07 Å². The van der Waals surface area contributed by atoms with E-state index >= 15 is 0 Å². The zero-order valence-corrected chi connectivity index (χ0v) is 22.7. The number of nitrogens with one attached hydrogen (secondary N) is 2. The molecule has 3 aliphatic rings. The van der Waals surface area contributed by atoms with Gasteiger partial charge < -0.3 is 29.0 Å². The van der Waals surface area contributed by atoms with Crippen LogP contribution >= 0.6 is 0 Å². The Labute approximate surface area is 233 Å². The van der Waals surface area contributed by atoms with E-state index < -0.39 is 29.7 Å².